The van der Waals surface area contributed by atoms with E-state index < -0.39 is 0 Å². The highest BCUT2D eigenvalue weighted by atomic mass is 16.5. The molecule has 0 aromatic carbocycles. The smallest absolute Gasteiger partial charge is 0.0696 e. The minimum Gasteiger partial charge on any atom is -0.377 e. The van der Waals surface area contributed by atoms with Crippen molar-refractivity contribution in [2.75, 3.05) is 19.7 Å². The maximum absolute atomic E-state index is 5.91. The Morgan fingerprint density at radius 1 is 1.29 bits per heavy atom. The van der Waals surface area contributed by atoms with Crippen LogP contribution in [0.2, 0.25) is 0 Å². The fourth-order valence-corrected chi connectivity index (χ4v) is 2.08. The Hall–Kier alpha value is -0.0800. The lowest BCUT2D eigenvalue weighted by Gasteiger charge is -2.18. The summed E-state index contributed by atoms with van der Waals surface area (Å²) in [5.74, 6) is 0.852. The second kappa shape index (κ2) is 7.24. The van der Waals surface area contributed by atoms with Crippen molar-refractivity contribution in [2.24, 2.45) is 5.92 Å². The van der Waals surface area contributed by atoms with E-state index in [1.807, 2.05) is 0 Å². The predicted molar refractivity (Wildman–Crippen MR) is 60.5 cm³/mol. The fraction of sp³-hybridized carbons (Fsp3) is 1.00. The van der Waals surface area contributed by atoms with Crippen LogP contribution in [0.1, 0.15) is 46.0 Å². The normalized spacial score (nSPS) is 20.1. The second-order valence-electron chi connectivity index (χ2n) is 4.32. The fourth-order valence-electron chi connectivity index (χ4n) is 2.08. The van der Waals surface area contributed by atoms with Crippen molar-refractivity contribution in [3.05, 3.63) is 0 Å². The number of nitrogens with one attached hydrogen (secondary N) is 1. The average molecular weight is 199 g/mol. The molecule has 0 radical (unpaired) electrons. The zero-order chi connectivity index (χ0) is 10.2. The van der Waals surface area contributed by atoms with Gasteiger partial charge in [-0.25, -0.2) is 0 Å². The van der Waals surface area contributed by atoms with E-state index >= 15 is 0 Å². The quantitative estimate of drug-likeness (QED) is 0.680. The van der Waals surface area contributed by atoms with Gasteiger partial charge in [0.05, 0.1) is 6.10 Å². The first kappa shape index (κ1) is 12.0. The van der Waals surface area contributed by atoms with E-state index in [2.05, 4.69) is 19.2 Å². The van der Waals surface area contributed by atoms with E-state index in [-0.39, 0.29) is 0 Å². The van der Waals surface area contributed by atoms with Crippen LogP contribution in [0.3, 0.4) is 0 Å². The zero-order valence-electron chi connectivity index (χ0n) is 9.72. The molecule has 0 bridgehead atoms. The highest BCUT2D eigenvalue weighted by Crippen LogP contribution is 2.25. The van der Waals surface area contributed by atoms with Crippen LogP contribution < -0.4 is 5.32 Å². The molecule has 1 fully saturated rings. The molecule has 0 aromatic rings. The molecule has 0 amide bonds. The summed E-state index contributed by atoms with van der Waals surface area (Å²) in [7, 11) is 0. The molecule has 14 heavy (non-hydrogen) atoms. The first-order chi connectivity index (χ1) is 6.86. The molecule has 1 aliphatic carbocycles. The first-order valence-electron chi connectivity index (χ1n) is 6.19. The van der Waals surface area contributed by atoms with E-state index in [9.17, 15) is 0 Å². The molecular formula is C12H25NO. The van der Waals surface area contributed by atoms with Crippen molar-refractivity contribution >= 4 is 0 Å². The SMILES string of the molecule is CCNCC(CC)OCC1CCCC1. The highest BCUT2D eigenvalue weighted by molar-refractivity contribution is 4.68. The van der Waals surface area contributed by atoms with Crippen molar-refractivity contribution in [3.63, 3.8) is 0 Å². The van der Waals surface area contributed by atoms with E-state index in [4.69, 9.17) is 4.74 Å². The lowest BCUT2D eigenvalue weighted by Crippen LogP contribution is -2.29. The van der Waals surface area contributed by atoms with Crippen LogP contribution >= 0.6 is 0 Å². The van der Waals surface area contributed by atoms with Gasteiger partial charge in [-0.1, -0.05) is 26.7 Å². The van der Waals surface area contributed by atoms with Gasteiger partial charge in [-0.05, 0) is 31.7 Å². The van der Waals surface area contributed by atoms with Gasteiger partial charge in [0.2, 0.25) is 0 Å². The molecule has 84 valence electrons. The van der Waals surface area contributed by atoms with Crippen LogP contribution in [0, 0.1) is 5.92 Å². The predicted octanol–water partition coefficient (Wildman–Crippen LogP) is 2.58. The lowest BCUT2D eigenvalue weighted by atomic mass is 10.1. The van der Waals surface area contributed by atoms with Gasteiger partial charge < -0.3 is 10.1 Å². The Bertz CT molecular complexity index is 132. The third-order valence-electron chi connectivity index (χ3n) is 3.12. The maximum Gasteiger partial charge on any atom is 0.0696 e. The van der Waals surface area contributed by atoms with Gasteiger partial charge in [0.15, 0.2) is 0 Å². The summed E-state index contributed by atoms with van der Waals surface area (Å²) in [5.41, 5.74) is 0. The van der Waals surface area contributed by atoms with Gasteiger partial charge in [0.1, 0.15) is 0 Å². The van der Waals surface area contributed by atoms with E-state index in [1.165, 1.54) is 25.7 Å². The third kappa shape index (κ3) is 4.43. The zero-order valence-corrected chi connectivity index (χ0v) is 9.72. The molecule has 1 aliphatic rings. The molecule has 1 saturated carbocycles. The molecule has 0 aromatic heterocycles. The second-order valence-corrected chi connectivity index (χ2v) is 4.32. The maximum atomic E-state index is 5.91. The van der Waals surface area contributed by atoms with Gasteiger partial charge in [0.25, 0.3) is 0 Å². The minimum atomic E-state index is 0.426. The number of rotatable bonds is 7. The summed E-state index contributed by atoms with van der Waals surface area (Å²) in [6.45, 7) is 7.40. The van der Waals surface area contributed by atoms with Gasteiger partial charge in [-0.3, -0.25) is 0 Å². The molecule has 1 unspecified atom stereocenters. The van der Waals surface area contributed by atoms with Crippen LogP contribution in [0.5, 0.6) is 0 Å². The lowest BCUT2D eigenvalue weighted by molar-refractivity contribution is 0.0288. The van der Waals surface area contributed by atoms with Crippen LogP contribution in [0.15, 0.2) is 0 Å². The Labute approximate surface area is 88.4 Å². The summed E-state index contributed by atoms with van der Waals surface area (Å²) in [6, 6.07) is 0. The van der Waals surface area contributed by atoms with Crippen molar-refractivity contribution in [1.29, 1.82) is 0 Å². The molecular weight excluding hydrogens is 174 g/mol. The Morgan fingerprint density at radius 2 is 2.00 bits per heavy atom. The number of likely N-dealkylation sites (N-methyl/N-ethyl adjacent to an activating group) is 1. The summed E-state index contributed by atoms with van der Waals surface area (Å²) < 4.78 is 5.91. The third-order valence-corrected chi connectivity index (χ3v) is 3.12. The number of hydrogen-bond donors (Lipinski definition) is 1. The van der Waals surface area contributed by atoms with Crippen LogP contribution in [-0.4, -0.2) is 25.8 Å². The van der Waals surface area contributed by atoms with Gasteiger partial charge in [0, 0.05) is 13.2 Å². The Kier molecular flexibility index (Phi) is 6.20. The molecule has 1 rings (SSSR count). The van der Waals surface area contributed by atoms with E-state index in [0.29, 0.717) is 6.10 Å². The highest BCUT2D eigenvalue weighted by Gasteiger charge is 2.16. The molecule has 2 nitrogen and oxygen atoms in total. The Morgan fingerprint density at radius 3 is 2.57 bits per heavy atom. The van der Waals surface area contributed by atoms with Crippen molar-refractivity contribution in [1.82, 2.24) is 5.32 Å². The molecule has 0 saturated heterocycles. The van der Waals surface area contributed by atoms with Crippen molar-refractivity contribution in [2.45, 2.75) is 52.1 Å². The summed E-state index contributed by atoms with van der Waals surface area (Å²) in [4.78, 5) is 0. The molecule has 1 N–H and O–H groups in total. The summed E-state index contributed by atoms with van der Waals surface area (Å²) in [6.07, 6.45) is 7.15. The topological polar surface area (TPSA) is 21.3 Å². The van der Waals surface area contributed by atoms with Crippen LogP contribution in [0.4, 0.5) is 0 Å². The Balaban J connectivity index is 2.06. The molecule has 1 atom stereocenters. The minimum absolute atomic E-state index is 0.426. The van der Waals surface area contributed by atoms with Crippen LogP contribution in [-0.2, 0) is 4.74 Å². The van der Waals surface area contributed by atoms with Crippen LogP contribution in [0.25, 0.3) is 0 Å². The average Bonchev–Trinajstić information content (AvgIpc) is 2.71. The van der Waals surface area contributed by atoms with E-state index in [1.54, 1.807) is 0 Å². The molecule has 0 aliphatic heterocycles. The molecule has 0 heterocycles. The molecule has 2 heteroatoms. The van der Waals surface area contributed by atoms with Gasteiger partial charge in [-0.15, -0.1) is 0 Å². The van der Waals surface area contributed by atoms with Crippen molar-refractivity contribution < 1.29 is 4.74 Å². The number of hydrogen-bond acceptors (Lipinski definition) is 2. The summed E-state index contributed by atoms with van der Waals surface area (Å²) in [5, 5.41) is 3.35. The molecule has 0 spiro atoms. The first-order valence-corrected chi connectivity index (χ1v) is 6.19. The monoisotopic (exact) mass is 199 g/mol. The van der Waals surface area contributed by atoms with Gasteiger partial charge >= 0.3 is 0 Å². The standard InChI is InChI=1S/C12H25NO/c1-3-12(9-13-4-2)14-10-11-7-5-6-8-11/h11-13H,3-10H2,1-2H3. The van der Waals surface area contributed by atoms with Crippen molar-refractivity contribution in [3.8, 4) is 0 Å². The largest absolute Gasteiger partial charge is 0.377 e. The van der Waals surface area contributed by atoms with Gasteiger partial charge in [-0.2, -0.15) is 0 Å². The summed E-state index contributed by atoms with van der Waals surface area (Å²) >= 11 is 0. The number of ether oxygens (including phenoxy) is 1. The van der Waals surface area contributed by atoms with E-state index in [0.717, 1.165) is 32.0 Å².